The number of nitrogens with zero attached hydrogens (tertiary/aromatic N) is 2. The molecule has 9 heteroatoms. The Morgan fingerprint density at radius 3 is 2.15 bits per heavy atom. The van der Waals surface area contributed by atoms with Crippen LogP contribution in [0.3, 0.4) is 0 Å². The molecule has 0 aliphatic heterocycles. The van der Waals surface area contributed by atoms with E-state index in [0.717, 1.165) is 10.6 Å². The average molecular weight is 376 g/mol. The Kier molecular flexibility index (Phi) is 6.42. The van der Waals surface area contributed by atoms with Crippen molar-refractivity contribution in [2.24, 2.45) is 0 Å². The Morgan fingerprint density at radius 2 is 1.65 bits per heavy atom. The van der Waals surface area contributed by atoms with Gasteiger partial charge in [-0.2, -0.15) is 4.31 Å². The molecule has 2 amide bonds. The van der Waals surface area contributed by atoms with Gasteiger partial charge in [-0.25, -0.2) is 8.42 Å². The first-order chi connectivity index (χ1) is 12.2. The van der Waals surface area contributed by atoms with Crippen molar-refractivity contribution in [2.75, 3.05) is 23.4 Å². The quantitative estimate of drug-likeness (QED) is 0.760. The standard InChI is InChI=1S/C17H20N4O4S/c1-13(22)19-14-6-8-15(9-7-14)20-17(23)12-21(26(2,24)25)11-16-5-3-4-10-18-16/h3-10H,11-12H2,1-2H3,(H,19,22)(H,20,23). The van der Waals surface area contributed by atoms with Gasteiger partial charge < -0.3 is 10.6 Å². The zero-order valence-electron chi connectivity index (χ0n) is 14.5. The highest BCUT2D eigenvalue weighted by Crippen LogP contribution is 2.14. The van der Waals surface area contributed by atoms with Gasteiger partial charge in [-0.15, -0.1) is 0 Å². The van der Waals surface area contributed by atoms with E-state index in [1.54, 1.807) is 48.7 Å². The summed E-state index contributed by atoms with van der Waals surface area (Å²) in [4.78, 5) is 27.3. The summed E-state index contributed by atoms with van der Waals surface area (Å²) in [5.41, 5.74) is 1.64. The number of anilines is 2. The number of aromatic nitrogens is 1. The number of hydrogen-bond acceptors (Lipinski definition) is 5. The first-order valence-electron chi connectivity index (χ1n) is 7.76. The fraction of sp³-hybridized carbons (Fsp3) is 0.235. The molecule has 1 aromatic heterocycles. The second-order valence-corrected chi connectivity index (χ2v) is 7.64. The fourth-order valence-electron chi connectivity index (χ4n) is 2.16. The third-order valence-corrected chi connectivity index (χ3v) is 4.54. The third kappa shape index (κ3) is 6.26. The lowest BCUT2D eigenvalue weighted by Crippen LogP contribution is -2.37. The largest absolute Gasteiger partial charge is 0.326 e. The average Bonchev–Trinajstić information content (AvgIpc) is 2.56. The maximum absolute atomic E-state index is 12.2. The molecule has 0 fully saturated rings. The Labute approximate surface area is 152 Å². The summed E-state index contributed by atoms with van der Waals surface area (Å²) in [7, 11) is -3.59. The molecular weight excluding hydrogens is 356 g/mol. The second-order valence-electron chi connectivity index (χ2n) is 5.66. The van der Waals surface area contributed by atoms with Gasteiger partial charge in [-0.1, -0.05) is 6.07 Å². The normalized spacial score (nSPS) is 11.2. The Hall–Kier alpha value is -2.78. The molecule has 2 aromatic rings. The molecule has 138 valence electrons. The Bertz CT molecular complexity index is 867. The van der Waals surface area contributed by atoms with Crippen molar-refractivity contribution in [1.82, 2.24) is 9.29 Å². The monoisotopic (exact) mass is 376 g/mol. The van der Waals surface area contributed by atoms with Crippen LogP contribution >= 0.6 is 0 Å². The van der Waals surface area contributed by atoms with Gasteiger partial charge in [0.2, 0.25) is 21.8 Å². The summed E-state index contributed by atoms with van der Waals surface area (Å²) in [6, 6.07) is 11.7. The maximum Gasteiger partial charge on any atom is 0.239 e. The van der Waals surface area contributed by atoms with E-state index >= 15 is 0 Å². The van der Waals surface area contributed by atoms with Gasteiger partial charge in [0.1, 0.15) is 0 Å². The number of hydrogen-bond donors (Lipinski definition) is 2. The molecule has 2 rings (SSSR count). The molecule has 2 N–H and O–H groups in total. The van der Waals surface area contributed by atoms with Gasteiger partial charge in [0.15, 0.2) is 0 Å². The lowest BCUT2D eigenvalue weighted by molar-refractivity contribution is -0.116. The van der Waals surface area contributed by atoms with Gasteiger partial charge in [0.25, 0.3) is 0 Å². The fourth-order valence-corrected chi connectivity index (χ4v) is 2.88. The van der Waals surface area contributed by atoms with Crippen molar-refractivity contribution >= 4 is 33.2 Å². The lowest BCUT2D eigenvalue weighted by Gasteiger charge is -2.19. The smallest absolute Gasteiger partial charge is 0.239 e. The number of benzene rings is 1. The molecule has 0 radical (unpaired) electrons. The number of rotatable bonds is 7. The van der Waals surface area contributed by atoms with Crippen LogP contribution in [0.15, 0.2) is 48.7 Å². The summed E-state index contributed by atoms with van der Waals surface area (Å²) < 4.78 is 24.9. The van der Waals surface area contributed by atoms with Crippen molar-refractivity contribution in [3.05, 3.63) is 54.4 Å². The zero-order chi connectivity index (χ0) is 19.2. The van der Waals surface area contributed by atoms with Gasteiger partial charge in [-0.05, 0) is 36.4 Å². The summed E-state index contributed by atoms with van der Waals surface area (Å²) in [5.74, 6) is -0.668. The van der Waals surface area contributed by atoms with E-state index in [2.05, 4.69) is 15.6 Å². The molecule has 0 aliphatic rings. The maximum atomic E-state index is 12.2. The minimum Gasteiger partial charge on any atom is -0.326 e. The number of nitrogens with one attached hydrogen (secondary N) is 2. The molecule has 8 nitrogen and oxygen atoms in total. The topological polar surface area (TPSA) is 108 Å². The molecule has 0 saturated carbocycles. The van der Waals surface area contributed by atoms with Gasteiger partial charge in [-0.3, -0.25) is 14.6 Å². The van der Waals surface area contributed by atoms with E-state index in [1.807, 2.05) is 0 Å². The molecule has 1 heterocycles. The van der Waals surface area contributed by atoms with Gasteiger partial charge in [0, 0.05) is 24.5 Å². The SMILES string of the molecule is CC(=O)Nc1ccc(NC(=O)CN(Cc2ccccn2)S(C)(=O)=O)cc1. The molecule has 0 saturated heterocycles. The highest BCUT2D eigenvalue weighted by molar-refractivity contribution is 7.88. The molecule has 0 spiro atoms. The summed E-state index contributed by atoms with van der Waals surface area (Å²) in [6.07, 6.45) is 2.61. The van der Waals surface area contributed by atoms with E-state index < -0.39 is 15.9 Å². The number of pyridine rings is 1. The van der Waals surface area contributed by atoms with Crippen molar-refractivity contribution in [2.45, 2.75) is 13.5 Å². The number of carbonyl (C=O) groups excluding carboxylic acids is 2. The van der Waals surface area contributed by atoms with Crippen LogP contribution in [0.25, 0.3) is 0 Å². The summed E-state index contributed by atoms with van der Waals surface area (Å²) >= 11 is 0. The summed E-state index contributed by atoms with van der Waals surface area (Å²) in [6.45, 7) is 1.08. The highest BCUT2D eigenvalue weighted by Gasteiger charge is 2.21. The van der Waals surface area contributed by atoms with Crippen molar-refractivity contribution < 1.29 is 18.0 Å². The Morgan fingerprint density at radius 1 is 1.04 bits per heavy atom. The second kappa shape index (κ2) is 8.54. The van der Waals surface area contributed by atoms with E-state index in [0.29, 0.717) is 17.1 Å². The van der Waals surface area contributed by atoms with Crippen LogP contribution in [-0.2, 0) is 26.2 Å². The third-order valence-electron chi connectivity index (χ3n) is 3.34. The van der Waals surface area contributed by atoms with Crippen LogP contribution in [-0.4, -0.2) is 42.3 Å². The predicted octanol–water partition coefficient (Wildman–Crippen LogP) is 1.44. The van der Waals surface area contributed by atoms with Crippen LogP contribution in [0.2, 0.25) is 0 Å². The number of amides is 2. The lowest BCUT2D eigenvalue weighted by atomic mass is 10.2. The molecular formula is C17H20N4O4S. The molecule has 0 aliphatic carbocycles. The molecule has 0 bridgehead atoms. The summed E-state index contributed by atoms with van der Waals surface area (Å²) in [5, 5.41) is 5.25. The van der Waals surface area contributed by atoms with E-state index in [-0.39, 0.29) is 19.0 Å². The van der Waals surface area contributed by atoms with Crippen molar-refractivity contribution in [3.63, 3.8) is 0 Å². The van der Waals surface area contributed by atoms with Crippen LogP contribution in [0, 0.1) is 0 Å². The van der Waals surface area contributed by atoms with Crippen molar-refractivity contribution in [3.8, 4) is 0 Å². The first-order valence-corrected chi connectivity index (χ1v) is 9.61. The van der Waals surface area contributed by atoms with Gasteiger partial charge in [0.05, 0.1) is 25.0 Å². The zero-order valence-corrected chi connectivity index (χ0v) is 15.3. The minimum absolute atomic E-state index is 0.00849. The first kappa shape index (κ1) is 19.5. The van der Waals surface area contributed by atoms with Crippen molar-refractivity contribution in [1.29, 1.82) is 0 Å². The van der Waals surface area contributed by atoms with Crippen LogP contribution in [0.5, 0.6) is 0 Å². The minimum atomic E-state index is -3.59. The molecule has 0 atom stereocenters. The number of carbonyl (C=O) groups is 2. The molecule has 0 unspecified atom stereocenters. The molecule has 26 heavy (non-hydrogen) atoms. The Balaban J connectivity index is 2.02. The number of sulfonamides is 1. The van der Waals surface area contributed by atoms with Crippen LogP contribution in [0.1, 0.15) is 12.6 Å². The predicted molar refractivity (Wildman–Crippen MR) is 98.9 cm³/mol. The van der Waals surface area contributed by atoms with Crippen LogP contribution < -0.4 is 10.6 Å². The van der Waals surface area contributed by atoms with E-state index in [1.165, 1.54) is 6.92 Å². The molecule has 1 aromatic carbocycles. The van der Waals surface area contributed by atoms with Crippen LogP contribution in [0.4, 0.5) is 11.4 Å². The van der Waals surface area contributed by atoms with Gasteiger partial charge >= 0.3 is 0 Å². The highest BCUT2D eigenvalue weighted by atomic mass is 32.2. The van der Waals surface area contributed by atoms with E-state index in [9.17, 15) is 18.0 Å². The van der Waals surface area contributed by atoms with E-state index in [4.69, 9.17) is 0 Å².